The molecule has 0 spiro atoms. The van der Waals surface area contributed by atoms with Crippen LogP contribution in [0.1, 0.15) is 0 Å². The van der Waals surface area contributed by atoms with Crippen LogP contribution in [0.3, 0.4) is 0 Å². The number of carboxylic acids is 2. The van der Waals surface area contributed by atoms with Gasteiger partial charge >= 0.3 is 45.3 Å². The van der Waals surface area contributed by atoms with E-state index in [0.717, 1.165) is 0 Å². The van der Waals surface area contributed by atoms with E-state index in [-0.39, 0.29) is 18.9 Å². The third-order valence-corrected chi connectivity index (χ3v) is 0.434. The van der Waals surface area contributed by atoms with Gasteiger partial charge < -0.3 is 44.7 Å². The fraction of sp³-hybridized carbons (Fsp3) is 0.333. The minimum absolute atomic E-state index is 0. The van der Waals surface area contributed by atoms with Crippen molar-refractivity contribution in [2.24, 2.45) is 0 Å². The van der Waals surface area contributed by atoms with Gasteiger partial charge in [0, 0.05) is 0 Å². The van der Waals surface area contributed by atoms with Gasteiger partial charge in [0.1, 0.15) is 0 Å². The molecule has 0 saturated heterocycles. The number of aliphatic carboxylic acids is 2. The first-order valence-corrected chi connectivity index (χ1v) is 3.40. The fourth-order valence-corrected chi connectivity index (χ4v) is 0.106. The standard InChI is InChI=1S/C3H3FO4.2BF4.Li.H/c4-1(2(5)6)3(7)8;2*2-1(3,4)5;;/h1H,(H,5,6)(H,7,8);;;;/q;2*-1;;. The first-order valence-electron chi connectivity index (χ1n) is 3.40. The zero-order valence-electron chi connectivity index (χ0n) is 7.84. The van der Waals surface area contributed by atoms with Crippen LogP contribution in [0.4, 0.5) is 38.9 Å². The maximum atomic E-state index is 11.4. The van der Waals surface area contributed by atoms with Gasteiger partial charge in [0.15, 0.2) is 0 Å². The van der Waals surface area contributed by atoms with Crippen LogP contribution < -0.4 is 0 Å². The minimum atomic E-state index is -6.00. The molecule has 0 fully saturated rings. The van der Waals surface area contributed by atoms with E-state index in [9.17, 15) is 48.5 Å². The van der Waals surface area contributed by atoms with Crippen molar-refractivity contribution >= 4 is 45.3 Å². The molecular weight excluding hydrogens is 300 g/mol. The van der Waals surface area contributed by atoms with E-state index in [4.69, 9.17) is 10.2 Å². The molecule has 0 aliphatic heterocycles. The van der Waals surface area contributed by atoms with Crippen molar-refractivity contribution < 1.29 is 58.7 Å². The van der Waals surface area contributed by atoms with Gasteiger partial charge in [0.05, 0.1) is 0 Å². The summed E-state index contributed by atoms with van der Waals surface area (Å²) in [6.07, 6.45) is -2.80. The number of carbonyl (C=O) groups is 2. The van der Waals surface area contributed by atoms with E-state index in [1.807, 2.05) is 0 Å². The Balaban J connectivity index is -0.0000000906. The summed E-state index contributed by atoms with van der Waals surface area (Å²) < 4.78 is 89.4. The van der Waals surface area contributed by atoms with Gasteiger partial charge in [-0.1, -0.05) is 0 Å². The van der Waals surface area contributed by atoms with E-state index in [0.29, 0.717) is 0 Å². The van der Waals surface area contributed by atoms with Gasteiger partial charge in [-0.25, -0.2) is 14.0 Å². The number of rotatable bonds is 2. The summed E-state index contributed by atoms with van der Waals surface area (Å²) in [5, 5.41) is 15.2. The Labute approximate surface area is 111 Å². The summed E-state index contributed by atoms with van der Waals surface area (Å²) in [4.78, 5) is 18.8. The molecular formula is C3H4B2F9LiO4-2. The molecule has 0 saturated carbocycles. The summed E-state index contributed by atoms with van der Waals surface area (Å²) in [5.41, 5.74) is 0. The molecule has 0 atom stereocenters. The molecule has 0 unspecified atom stereocenters. The zero-order chi connectivity index (χ0) is 15.7. The van der Waals surface area contributed by atoms with Crippen LogP contribution in [-0.2, 0) is 9.59 Å². The zero-order valence-corrected chi connectivity index (χ0v) is 7.84. The molecule has 0 bridgehead atoms. The summed E-state index contributed by atoms with van der Waals surface area (Å²) >= 11 is 0. The third kappa shape index (κ3) is 77.8. The summed E-state index contributed by atoms with van der Waals surface area (Å²) in [7, 11) is -12.0. The first-order chi connectivity index (χ1) is 7.55. The number of halogens is 9. The third-order valence-electron chi connectivity index (χ3n) is 0.434. The van der Waals surface area contributed by atoms with Crippen LogP contribution in [0, 0.1) is 0 Å². The molecule has 2 N–H and O–H groups in total. The van der Waals surface area contributed by atoms with Crippen molar-refractivity contribution in [2.45, 2.75) is 6.17 Å². The Bertz CT molecular complexity index is 229. The van der Waals surface area contributed by atoms with Crippen molar-refractivity contribution in [3.05, 3.63) is 0 Å². The van der Waals surface area contributed by atoms with Gasteiger partial charge in [0.2, 0.25) is 0 Å². The molecule has 0 aromatic carbocycles. The maximum absolute atomic E-state index is 11.4. The van der Waals surface area contributed by atoms with Crippen LogP contribution in [-0.4, -0.2) is 61.7 Å². The number of hydrogen-bond donors (Lipinski definition) is 2. The van der Waals surface area contributed by atoms with Crippen LogP contribution in [0.5, 0.6) is 0 Å². The van der Waals surface area contributed by atoms with Gasteiger partial charge in [-0.15, -0.1) is 0 Å². The molecule has 0 amide bonds. The monoisotopic (exact) mass is 304 g/mol. The van der Waals surface area contributed by atoms with Gasteiger partial charge in [-0.2, -0.15) is 0 Å². The van der Waals surface area contributed by atoms with E-state index in [1.54, 1.807) is 0 Å². The van der Waals surface area contributed by atoms with Gasteiger partial charge in [-0.3, -0.25) is 0 Å². The topological polar surface area (TPSA) is 74.6 Å². The molecule has 0 aliphatic rings. The van der Waals surface area contributed by atoms with E-state index >= 15 is 0 Å². The van der Waals surface area contributed by atoms with Crippen molar-refractivity contribution in [2.75, 3.05) is 0 Å². The average Bonchev–Trinajstić information content (AvgIpc) is 1.95. The molecule has 16 heteroatoms. The van der Waals surface area contributed by atoms with E-state index in [2.05, 4.69) is 0 Å². The molecule has 0 aliphatic carbocycles. The van der Waals surface area contributed by atoms with Crippen LogP contribution in [0.25, 0.3) is 0 Å². The fourth-order valence-electron chi connectivity index (χ4n) is 0.106. The molecule has 19 heavy (non-hydrogen) atoms. The van der Waals surface area contributed by atoms with Crippen molar-refractivity contribution in [3.63, 3.8) is 0 Å². The Hall–Kier alpha value is -0.963. The normalized spacial score (nSPS) is 10.2. The Morgan fingerprint density at radius 1 is 0.737 bits per heavy atom. The quantitative estimate of drug-likeness (QED) is 0.460. The number of carboxylic acid groups (broad SMARTS) is 2. The molecule has 112 valence electrons. The van der Waals surface area contributed by atoms with Crippen LogP contribution in [0.2, 0.25) is 0 Å². The molecule has 0 radical (unpaired) electrons. The van der Waals surface area contributed by atoms with E-state index in [1.165, 1.54) is 0 Å². The van der Waals surface area contributed by atoms with Gasteiger partial charge in [-0.05, 0) is 0 Å². The Morgan fingerprint density at radius 3 is 0.842 bits per heavy atom. The number of alkyl halides is 1. The summed E-state index contributed by atoms with van der Waals surface area (Å²) in [6.45, 7) is 0. The van der Waals surface area contributed by atoms with Crippen LogP contribution >= 0.6 is 0 Å². The van der Waals surface area contributed by atoms with Crippen molar-refractivity contribution in [1.82, 2.24) is 0 Å². The molecule has 0 rings (SSSR count). The predicted molar refractivity (Wildman–Crippen MR) is 47.7 cm³/mol. The molecule has 0 heterocycles. The van der Waals surface area contributed by atoms with Crippen molar-refractivity contribution in [3.8, 4) is 0 Å². The molecule has 0 aromatic rings. The Kier molecular flexibility index (Phi) is 15.3. The average molecular weight is 304 g/mol. The SMILES string of the molecule is F[B-](F)(F)F.F[B-](F)(F)F.O=C(O)C(F)C(=O)O.[LiH]. The van der Waals surface area contributed by atoms with Crippen molar-refractivity contribution in [1.29, 1.82) is 0 Å². The molecule has 4 nitrogen and oxygen atoms in total. The Morgan fingerprint density at radius 2 is 0.842 bits per heavy atom. The van der Waals surface area contributed by atoms with Crippen LogP contribution in [0.15, 0.2) is 0 Å². The summed E-state index contributed by atoms with van der Waals surface area (Å²) in [6, 6.07) is 0. The summed E-state index contributed by atoms with van der Waals surface area (Å²) in [5.74, 6) is -3.95. The number of hydrogen-bond acceptors (Lipinski definition) is 2. The van der Waals surface area contributed by atoms with Gasteiger partial charge in [0.25, 0.3) is 6.17 Å². The van der Waals surface area contributed by atoms with E-state index < -0.39 is 32.6 Å². The second-order valence-electron chi connectivity index (χ2n) is 2.03. The second kappa shape index (κ2) is 10.9. The predicted octanol–water partition coefficient (Wildman–Crippen LogP) is 1.45. The first kappa shape index (κ1) is 26.6. The second-order valence-corrected chi connectivity index (χ2v) is 2.03. The molecule has 0 aromatic heterocycles.